The number of fused-ring (bicyclic) bond motifs is 1. The van der Waals surface area contributed by atoms with Crippen molar-refractivity contribution < 1.29 is 0 Å². The molecule has 2 heteroatoms. The first-order valence-electron chi connectivity index (χ1n) is 7.09. The fourth-order valence-corrected chi connectivity index (χ4v) is 2.99. The van der Waals surface area contributed by atoms with E-state index in [1.165, 1.54) is 48.7 Å². The number of hydrogen-bond donors (Lipinski definition) is 2. The number of nitrogens with one attached hydrogen (secondary N) is 2. The summed E-state index contributed by atoms with van der Waals surface area (Å²) in [5, 5.41) is 5.01. The maximum atomic E-state index is 3.66. The smallest absolute Gasteiger partial charge is 0.0457 e. The summed E-state index contributed by atoms with van der Waals surface area (Å²) < 4.78 is 0. The highest BCUT2D eigenvalue weighted by Crippen LogP contribution is 2.48. The van der Waals surface area contributed by atoms with Crippen LogP contribution in [-0.2, 0) is 6.54 Å². The third-order valence-corrected chi connectivity index (χ3v) is 4.24. The van der Waals surface area contributed by atoms with Crippen LogP contribution in [0.1, 0.15) is 38.2 Å². The first-order chi connectivity index (χ1) is 8.83. The van der Waals surface area contributed by atoms with Crippen LogP contribution in [0.2, 0.25) is 0 Å². The Balaban J connectivity index is 1.62. The molecule has 1 aliphatic carbocycles. The van der Waals surface area contributed by atoms with Crippen molar-refractivity contribution in [3.8, 4) is 0 Å². The molecule has 1 aliphatic rings. The van der Waals surface area contributed by atoms with Gasteiger partial charge < -0.3 is 10.3 Å². The minimum absolute atomic E-state index is 0.640. The van der Waals surface area contributed by atoms with Crippen LogP contribution < -0.4 is 5.32 Å². The molecule has 1 aromatic heterocycles. The molecule has 18 heavy (non-hydrogen) atoms. The Labute approximate surface area is 109 Å². The minimum Gasteiger partial charge on any atom is -0.361 e. The molecule has 0 radical (unpaired) electrons. The average Bonchev–Trinajstić information content (AvgIpc) is 2.96. The van der Waals surface area contributed by atoms with Gasteiger partial charge in [-0.1, -0.05) is 25.5 Å². The molecule has 0 atom stereocenters. The highest BCUT2D eigenvalue weighted by atomic mass is 14.9. The quantitative estimate of drug-likeness (QED) is 0.791. The van der Waals surface area contributed by atoms with E-state index in [4.69, 9.17) is 0 Å². The van der Waals surface area contributed by atoms with Crippen LogP contribution in [0.3, 0.4) is 0 Å². The van der Waals surface area contributed by atoms with Crippen LogP contribution in [0.15, 0.2) is 30.5 Å². The molecule has 0 aliphatic heterocycles. The van der Waals surface area contributed by atoms with Gasteiger partial charge >= 0.3 is 0 Å². The highest BCUT2D eigenvalue weighted by molar-refractivity contribution is 5.82. The number of hydrogen-bond acceptors (Lipinski definition) is 1. The summed E-state index contributed by atoms with van der Waals surface area (Å²) in [5.41, 5.74) is 3.28. The predicted molar refractivity (Wildman–Crippen MR) is 76.6 cm³/mol. The summed E-state index contributed by atoms with van der Waals surface area (Å²) in [6, 6.07) is 8.67. The summed E-state index contributed by atoms with van der Waals surface area (Å²) in [6.45, 7) is 4.46. The van der Waals surface area contributed by atoms with Crippen molar-refractivity contribution in [2.24, 2.45) is 5.41 Å². The molecule has 0 amide bonds. The summed E-state index contributed by atoms with van der Waals surface area (Å²) >= 11 is 0. The average molecular weight is 242 g/mol. The molecule has 3 rings (SSSR count). The number of rotatable bonds is 6. The second kappa shape index (κ2) is 4.77. The zero-order chi connectivity index (χ0) is 12.4. The van der Waals surface area contributed by atoms with Crippen molar-refractivity contribution in [3.63, 3.8) is 0 Å². The minimum atomic E-state index is 0.640. The molecule has 0 saturated heterocycles. The van der Waals surface area contributed by atoms with Gasteiger partial charge in [-0.2, -0.15) is 0 Å². The fourth-order valence-electron chi connectivity index (χ4n) is 2.99. The molecule has 1 saturated carbocycles. The van der Waals surface area contributed by atoms with Gasteiger partial charge in [-0.25, -0.2) is 0 Å². The molecule has 2 aromatic rings. The van der Waals surface area contributed by atoms with Gasteiger partial charge in [0.25, 0.3) is 0 Å². The van der Waals surface area contributed by atoms with E-state index in [0.717, 1.165) is 6.54 Å². The Bertz CT molecular complexity index is 523. The zero-order valence-corrected chi connectivity index (χ0v) is 11.1. The standard InChI is InChI=1S/C16H22N2/c1-2-7-16(8-9-16)12-17-11-13-4-3-5-15-14(13)6-10-18-15/h3-6,10,17-18H,2,7-9,11-12H2,1H3. The first-order valence-corrected chi connectivity index (χ1v) is 7.09. The van der Waals surface area contributed by atoms with E-state index in [1.54, 1.807) is 0 Å². The normalized spacial score (nSPS) is 17.2. The maximum absolute atomic E-state index is 3.66. The lowest BCUT2D eigenvalue weighted by Gasteiger charge is -2.15. The Morgan fingerprint density at radius 1 is 1.28 bits per heavy atom. The summed E-state index contributed by atoms with van der Waals surface area (Å²) in [4.78, 5) is 3.27. The molecule has 2 nitrogen and oxygen atoms in total. The van der Waals surface area contributed by atoms with E-state index in [-0.39, 0.29) is 0 Å². The third kappa shape index (κ3) is 2.30. The Hall–Kier alpha value is -1.28. The zero-order valence-electron chi connectivity index (χ0n) is 11.1. The van der Waals surface area contributed by atoms with Gasteiger partial charge in [0, 0.05) is 30.2 Å². The lowest BCUT2D eigenvalue weighted by molar-refractivity contribution is 0.421. The van der Waals surface area contributed by atoms with Gasteiger partial charge in [-0.15, -0.1) is 0 Å². The highest BCUT2D eigenvalue weighted by Gasteiger charge is 2.40. The van der Waals surface area contributed by atoms with Crippen LogP contribution in [0.5, 0.6) is 0 Å². The van der Waals surface area contributed by atoms with E-state index in [1.807, 2.05) is 6.20 Å². The van der Waals surface area contributed by atoms with Gasteiger partial charge in [0.1, 0.15) is 0 Å². The van der Waals surface area contributed by atoms with Crippen molar-refractivity contribution in [1.82, 2.24) is 10.3 Å². The largest absolute Gasteiger partial charge is 0.361 e. The van der Waals surface area contributed by atoms with Gasteiger partial charge in [0.15, 0.2) is 0 Å². The lowest BCUT2D eigenvalue weighted by Crippen LogP contribution is -2.23. The third-order valence-electron chi connectivity index (χ3n) is 4.24. The van der Waals surface area contributed by atoms with Gasteiger partial charge in [-0.3, -0.25) is 0 Å². The number of benzene rings is 1. The van der Waals surface area contributed by atoms with Crippen LogP contribution in [0.4, 0.5) is 0 Å². The first kappa shape index (κ1) is 11.8. The van der Waals surface area contributed by atoms with Crippen LogP contribution in [-0.4, -0.2) is 11.5 Å². The van der Waals surface area contributed by atoms with Crippen LogP contribution >= 0.6 is 0 Å². The van der Waals surface area contributed by atoms with Crippen molar-refractivity contribution in [1.29, 1.82) is 0 Å². The summed E-state index contributed by atoms with van der Waals surface area (Å²) in [6.07, 6.45) is 7.56. The molecule has 2 N–H and O–H groups in total. The summed E-state index contributed by atoms with van der Waals surface area (Å²) in [5.74, 6) is 0. The molecule has 1 heterocycles. The van der Waals surface area contributed by atoms with Gasteiger partial charge in [-0.05, 0) is 42.4 Å². The van der Waals surface area contributed by atoms with Crippen molar-refractivity contribution in [3.05, 3.63) is 36.0 Å². The molecule has 1 aromatic carbocycles. The summed E-state index contributed by atoms with van der Waals surface area (Å²) in [7, 11) is 0. The van der Waals surface area contributed by atoms with E-state index < -0.39 is 0 Å². The molecular weight excluding hydrogens is 220 g/mol. The monoisotopic (exact) mass is 242 g/mol. The molecule has 0 spiro atoms. The number of H-pyrrole nitrogens is 1. The van der Waals surface area contributed by atoms with Crippen LogP contribution in [0, 0.1) is 5.41 Å². The molecule has 0 unspecified atom stereocenters. The second-order valence-electron chi connectivity index (χ2n) is 5.71. The topological polar surface area (TPSA) is 27.8 Å². The lowest BCUT2D eigenvalue weighted by atomic mass is 10.0. The Morgan fingerprint density at radius 3 is 2.94 bits per heavy atom. The molecular formula is C16H22N2. The fraction of sp³-hybridized carbons (Fsp3) is 0.500. The van der Waals surface area contributed by atoms with Gasteiger partial charge in [0.05, 0.1) is 0 Å². The van der Waals surface area contributed by atoms with E-state index in [0.29, 0.717) is 5.41 Å². The van der Waals surface area contributed by atoms with Crippen LogP contribution in [0.25, 0.3) is 10.9 Å². The number of aromatic nitrogens is 1. The predicted octanol–water partition coefficient (Wildman–Crippen LogP) is 3.84. The molecule has 0 bridgehead atoms. The van der Waals surface area contributed by atoms with E-state index >= 15 is 0 Å². The molecule has 1 fully saturated rings. The van der Waals surface area contributed by atoms with Gasteiger partial charge in [0.2, 0.25) is 0 Å². The van der Waals surface area contributed by atoms with E-state index in [9.17, 15) is 0 Å². The second-order valence-corrected chi connectivity index (χ2v) is 5.71. The SMILES string of the molecule is CCCC1(CNCc2cccc3[nH]ccc23)CC1. The maximum Gasteiger partial charge on any atom is 0.0457 e. The Kier molecular flexibility index (Phi) is 3.13. The number of aromatic amines is 1. The van der Waals surface area contributed by atoms with E-state index in [2.05, 4.69) is 41.5 Å². The van der Waals surface area contributed by atoms with Crippen molar-refractivity contribution in [2.75, 3.05) is 6.54 Å². The Morgan fingerprint density at radius 2 is 2.17 bits per heavy atom. The van der Waals surface area contributed by atoms with Crippen molar-refractivity contribution in [2.45, 2.75) is 39.2 Å². The molecule has 96 valence electrons. The van der Waals surface area contributed by atoms with Crippen molar-refractivity contribution >= 4 is 10.9 Å².